The molecule has 0 aliphatic carbocycles. The number of piperidine rings is 1. The molecule has 2 unspecified atom stereocenters. The molecule has 2 nitrogen and oxygen atoms in total. The predicted molar refractivity (Wildman–Crippen MR) is 45.5 cm³/mol. The lowest BCUT2D eigenvalue weighted by Crippen LogP contribution is -2.44. The lowest BCUT2D eigenvalue weighted by Gasteiger charge is -2.27. The summed E-state index contributed by atoms with van der Waals surface area (Å²) in [6.07, 6.45) is 3.77. The van der Waals surface area contributed by atoms with E-state index in [1.165, 1.54) is 0 Å². The summed E-state index contributed by atoms with van der Waals surface area (Å²) in [6.45, 7) is 4.24. The number of carbonyl (C=O) groups is 1. The van der Waals surface area contributed by atoms with Crippen LogP contribution in [0, 0.1) is 0 Å². The average molecular weight is 155 g/mol. The van der Waals surface area contributed by atoms with Gasteiger partial charge in [0.15, 0.2) is 0 Å². The SMILES string of the molecule is CCCC1CC(=O)CC(C)N1. The first-order valence-electron chi connectivity index (χ1n) is 4.50. The van der Waals surface area contributed by atoms with Crippen molar-refractivity contribution in [2.45, 2.75) is 51.6 Å². The third-order valence-electron chi connectivity index (χ3n) is 2.17. The highest BCUT2D eigenvalue weighted by atomic mass is 16.1. The van der Waals surface area contributed by atoms with Gasteiger partial charge in [0, 0.05) is 24.9 Å². The van der Waals surface area contributed by atoms with E-state index < -0.39 is 0 Å². The summed E-state index contributed by atoms with van der Waals surface area (Å²) >= 11 is 0. The van der Waals surface area contributed by atoms with E-state index in [1.54, 1.807) is 0 Å². The molecule has 0 aromatic heterocycles. The molecule has 0 amide bonds. The van der Waals surface area contributed by atoms with Crippen LogP contribution in [0.15, 0.2) is 0 Å². The van der Waals surface area contributed by atoms with Crippen LogP contribution in [0.4, 0.5) is 0 Å². The summed E-state index contributed by atoms with van der Waals surface area (Å²) in [4.78, 5) is 11.1. The van der Waals surface area contributed by atoms with Crippen LogP contribution < -0.4 is 5.32 Å². The van der Waals surface area contributed by atoms with Crippen LogP contribution in [0.1, 0.15) is 39.5 Å². The third kappa shape index (κ3) is 2.62. The van der Waals surface area contributed by atoms with Crippen LogP contribution in [-0.2, 0) is 4.79 Å². The Morgan fingerprint density at radius 2 is 2.27 bits per heavy atom. The fourth-order valence-electron chi connectivity index (χ4n) is 1.75. The first-order chi connectivity index (χ1) is 5.22. The van der Waals surface area contributed by atoms with Gasteiger partial charge in [-0.15, -0.1) is 0 Å². The highest BCUT2D eigenvalue weighted by Crippen LogP contribution is 2.12. The van der Waals surface area contributed by atoms with Crippen molar-refractivity contribution in [2.75, 3.05) is 0 Å². The minimum absolute atomic E-state index is 0.396. The van der Waals surface area contributed by atoms with Gasteiger partial charge in [0.1, 0.15) is 5.78 Å². The molecular weight excluding hydrogens is 138 g/mol. The van der Waals surface area contributed by atoms with Gasteiger partial charge >= 0.3 is 0 Å². The topological polar surface area (TPSA) is 29.1 Å². The van der Waals surface area contributed by atoms with Crippen molar-refractivity contribution in [1.29, 1.82) is 0 Å². The first kappa shape index (κ1) is 8.72. The van der Waals surface area contributed by atoms with E-state index in [9.17, 15) is 4.79 Å². The van der Waals surface area contributed by atoms with Crippen molar-refractivity contribution >= 4 is 5.78 Å². The Kier molecular flexibility index (Phi) is 3.06. The minimum Gasteiger partial charge on any atom is -0.311 e. The second kappa shape index (κ2) is 3.86. The number of Topliss-reactive ketones (excluding diaryl/α,β-unsaturated/α-hetero) is 1. The Morgan fingerprint density at radius 1 is 1.55 bits per heavy atom. The van der Waals surface area contributed by atoms with Gasteiger partial charge in [0.25, 0.3) is 0 Å². The standard InChI is InChI=1S/C9H17NO/c1-3-4-8-6-9(11)5-7(2)10-8/h7-8,10H,3-6H2,1-2H3. The van der Waals surface area contributed by atoms with Crippen LogP contribution in [0.3, 0.4) is 0 Å². The van der Waals surface area contributed by atoms with Crippen molar-refractivity contribution in [3.63, 3.8) is 0 Å². The Bertz CT molecular complexity index is 144. The van der Waals surface area contributed by atoms with Gasteiger partial charge in [-0.05, 0) is 13.3 Å². The van der Waals surface area contributed by atoms with Crippen molar-refractivity contribution in [3.8, 4) is 0 Å². The third-order valence-corrected chi connectivity index (χ3v) is 2.17. The summed E-state index contributed by atoms with van der Waals surface area (Å²) in [7, 11) is 0. The summed E-state index contributed by atoms with van der Waals surface area (Å²) in [5, 5.41) is 3.43. The van der Waals surface area contributed by atoms with Crippen LogP contribution in [0.25, 0.3) is 0 Å². The van der Waals surface area contributed by atoms with Crippen molar-refractivity contribution in [2.24, 2.45) is 0 Å². The van der Waals surface area contributed by atoms with Crippen molar-refractivity contribution in [1.82, 2.24) is 5.32 Å². The summed E-state index contributed by atoms with van der Waals surface area (Å²) in [5.41, 5.74) is 0. The molecule has 0 radical (unpaired) electrons. The lowest BCUT2D eigenvalue weighted by molar-refractivity contribution is -0.121. The predicted octanol–water partition coefficient (Wildman–Crippen LogP) is 1.50. The van der Waals surface area contributed by atoms with Gasteiger partial charge in [0.2, 0.25) is 0 Å². The van der Waals surface area contributed by atoms with Gasteiger partial charge in [-0.3, -0.25) is 4.79 Å². The highest BCUT2D eigenvalue weighted by Gasteiger charge is 2.22. The van der Waals surface area contributed by atoms with Gasteiger partial charge in [-0.1, -0.05) is 13.3 Å². The molecule has 0 bridgehead atoms. The van der Waals surface area contributed by atoms with Gasteiger partial charge in [-0.25, -0.2) is 0 Å². The number of hydrogen-bond donors (Lipinski definition) is 1. The minimum atomic E-state index is 0.396. The van der Waals surface area contributed by atoms with Crippen molar-refractivity contribution < 1.29 is 4.79 Å². The fourth-order valence-corrected chi connectivity index (χ4v) is 1.75. The number of hydrogen-bond acceptors (Lipinski definition) is 2. The first-order valence-corrected chi connectivity index (χ1v) is 4.50. The molecule has 11 heavy (non-hydrogen) atoms. The number of ketones is 1. The quantitative estimate of drug-likeness (QED) is 0.654. The molecule has 64 valence electrons. The molecule has 0 aromatic rings. The maximum atomic E-state index is 11.1. The lowest BCUT2D eigenvalue weighted by atomic mass is 9.95. The van der Waals surface area contributed by atoms with Crippen LogP contribution in [-0.4, -0.2) is 17.9 Å². The van der Waals surface area contributed by atoms with Crippen LogP contribution >= 0.6 is 0 Å². The number of nitrogens with one attached hydrogen (secondary N) is 1. The Hall–Kier alpha value is -0.370. The molecular formula is C9H17NO. The van der Waals surface area contributed by atoms with E-state index in [0.29, 0.717) is 17.9 Å². The fraction of sp³-hybridized carbons (Fsp3) is 0.889. The smallest absolute Gasteiger partial charge is 0.136 e. The van der Waals surface area contributed by atoms with E-state index in [0.717, 1.165) is 25.7 Å². The molecule has 1 N–H and O–H groups in total. The second-order valence-corrected chi connectivity index (χ2v) is 3.50. The maximum Gasteiger partial charge on any atom is 0.136 e. The summed E-state index contributed by atoms with van der Waals surface area (Å²) < 4.78 is 0. The molecule has 1 heterocycles. The van der Waals surface area contributed by atoms with Crippen LogP contribution in [0.2, 0.25) is 0 Å². The molecule has 2 heteroatoms. The van der Waals surface area contributed by atoms with Gasteiger partial charge < -0.3 is 5.32 Å². The average Bonchev–Trinajstić information content (AvgIpc) is 1.85. The van der Waals surface area contributed by atoms with Gasteiger partial charge in [0.05, 0.1) is 0 Å². The van der Waals surface area contributed by atoms with Crippen LogP contribution in [0.5, 0.6) is 0 Å². The van der Waals surface area contributed by atoms with E-state index in [1.807, 2.05) is 0 Å². The monoisotopic (exact) mass is 155 g/mol. The summed E-state index contributed by atoms with van der Waals surface area (Å²) in [5.74, 6) is 0.426. The van der Waals surface area contributed by atoms with E-state index in [2.05, 4.69) is 19.2 Å². The maximum absolute atomic E-state index is 11.1. The second-order valence-electron chi connectivity index (χ2n) is 3.50. The zero-order chi connectivity index (χ0) is 8.27. The zero-order valence-corrected chi connectivity index (χ0v) is 7.39. The Balaban J connectivity index is 2.36. The molecule has 1 saturated heterocycles. The number of carbonyl (C=O) groups excluding carboxylic acids is 1. The molecule has 0 spiro atoms. The molecule has 1 fully saturated rings. The van der Waals surface area contributed by atoms with Crippen molar-refractivity contribution in [3.05, 3.63) is 0 Å². The molecule has 0 saturated carbocycles. The molecule has 0 aromatic carbocycles. The molecule has 2 atom stereocenters. The Labute approximate surface area is 68.4 Å². The largest absolute Gasteiger partial charge is 0.311 e. The normalized spacial score (nSPS) is 32.4. The molecule has 1 aliphatic heterocycles. The highest BCUT2D eigenvalue weighted by molar-refractivity contribution is 5.80. The van der Waals surface area contributed by atoms with Gasteiger partial charge in [-0.2, -0.15) is 0 Å². The van der Waals surface area contributed by atoms with E-state index in [4.69, 9.17) is 0 Å². The molecule has 1 rings (SSSR count). The zero-order valence-electron chi connectivity index (χ0n) is 7.39. The Morgan fingerprint density at radius 3 is 2.82 bits per heavy atom. The van der Waals surface area contributed by atoms with E-state index in [-0.39, 0.29) is 0 Å². The summed E-state index contributed by atoms with van der Waals surface area (Å²) in [6, 6.07) is 0.851. The number of rotatable bonds is 2. The van der Waals surface area contributed by atoms with E-state index >= 15 is 0 Å². The molecule has 1 aliphatic rings.